The Hall–Kier alpha value is -2.31. The van der Waals surface area contributed by atoms with Crippen LogP contribution in [-0.2, 0) is 14.6 Å². The maximum absolute atomic E-state index is 12.8. The van der Waals surface area contributed by atoms with Crippen molar-refractivity contribution < 1.29 is 28.5 Å². The third-order valence-corrected chi connectivity index (χ3v) is 6.07. The summed E-state index contributed by atoms with van der Waals surface area (Å²) in [6.45, 7) is 1.37. The Balaban J connectivity index is 2.11. The number of ether oxygens (including phenoxy) is 1. The second kappa shape index (κ2) is 7.02. The summed E-state index contributed by atoms with van der Waals surface area (Å²) in [4.78, 5) is 25.2. The molecule has 4 N–H and O–H groups in total. The Morgan fingerprint density at radius 2 is 1.74 bits per heavy atom. The van der Waals surface area contributed by atoms with Gasteiger partial charge in [-0.05, 0) is 19.1 Å². The maximum atomic E-state index is 12.8. The second-order valence-corrected chi connectivity index (χ2v) is 8.17. The van der Waals surface area contributed by atoms with Crippen molar-refractivity contribution >= 4 is 9.84 Å². The van der Waals surface area contributed by atoms with E-state index >= 15 is 0 Å². The largest absolute Gasteiger partial charge is 0.388 e. The van der Waals surface area contributed by atoms with Crippen molar-refractivity contribution in [2.75, 3.05) is 6.61 Å². The minimum atomic E-state index is -4.26. The smallest absolute Gasteiger partial charge is 0.330 e. The van der Waals surface area contributed by atoms with Crippen LogP contribution in [0.3, 0.4) is 0 Å². The Morgan fingerprint density at radius 3 is 2.37 bits per heavy atom. The molecule has 2 aromatic rings. The summed E-state index contributed by atoms with van der Waals surface area (Å²) in [6, 6.07) is 5.77. The van der Waals surface area contributed by atoms with Gasteiger partial charge in [0.2, 0.25) is 9.84 Å². The Morgan fingerprint density at radius 1 is 1.11 bits per heavy atom. The van der Waals surface area contributed by atoms with Gasteiger partial charge in [-0.1, -0.05) is 17.7 Å². The number of aromatic nitrogens is 2. The number of aryl methyl sites for hydroxylation is 1. The van der Waals surface area contributed by atoms with E-state index < -0.39 is 57.1 Å². The fourth-order valence-electron chi connectivity index (χ4n) is 2.73. The van der Waals surface area contributed by atoms with Gasteiger partial charge in [0.1, 0.15) is 18.3 Å². The van der Waals surface area contributed by atoms with Crippen LogP contribution in [0.4, 0.5) is 0 Å². The van der Waals surface area contributed by atoms with Crippen LogP contribution in [0.1, 0.15) is 11.8 Å². The van der Waals surface area contributed by atoms with Gasteiger partial charge in [-0.25, -0.2) is 13.2 Å². The number of nitrogens with one attached hydrogen (secondary N) is 1. The van der Waals surface area contributed by atoms with Crippen LogP contribution < -0.4 is 11.2 Å². The maximum Gasteiger partial charge on any atom is 0.330 e. The molecule has 1 aromatic carbocycles. The molecule has 0 aliphatic carbocycles. The minimum absolute atomic E-state index is 0.149. The van der Waals surface area contributed by atoms with Crippen LogP contribution in [0.5, 0.6) is 0 Å². The van der Waals surface area contributed by atoms with E-state index in [1.807, 2.05) is 4.98 Å². The molecular weight excluding hydrogens is 380 g/mol. The number of hydrogen-bond acceptors (Lipinski definition) is 8. The number of aliphatic hydroxyl groups is 3. The van der Waals surface area contributed by atoms with E-state index in [0.29, 0.717) is 4.57 Å². The number of hydrogen-bond donors (Lipinski definition) is 4. The van der Waals surface area contributed by atoms with Gasteiger partial charge in [0, 0.05) is 6.20 Å². The number of aliphatic hydroxyl groups excluding tert-OH is 3. The van der Waals surface area contributed by atoms with Crippen molar-refractivity contribution in [3.8, 4) is 0 Å². The Labute approximate surface area is 153 Å². The molecule has 1 aliphatic rings. The number of aromatic amines is 1. The number of H-pyrrole nitrogens is 1. The molecule has 0 saturated carbocycles. The van der Waals surface area contributed by atoms with Gasteiger partial charge < -0.3 is 20.1 Å². The molecule has 11 heteroatoms. The van der Waals surface area contributed by atoms with Gasteiger partial charge in [0.15, 0.2) is 11.1 Å². The molecule has 1 aromatic heterocycles. The van der Waals surface area contributed by atoms with E-state index in [9.17, 15) is 33.3 Å². The average molecular weight is 398 g/mol. The Kier molecular flexibility index (Phi) is 5.06. The highest BCUT2D eigenvalue weighted by atomic mass is 32.2. The topological polar surface area (TPSA) is 159 Å². The van der Waals surface area contributed by atoms with Crippen molar-refractivity contribution in [1.82, 2.24) is 9.55 Å². The van der Waals surface area contributed by atoms with E-state index in [2.05, 4.69) is 0 Å². The first-order valence-electron chi connectivity index (χ1n) is 7.96. The predicted octanol–water partition coefficient (Wildman–Crippen LogP) is -1.71. The van der Waals surface area contributed by atoms with Gasteiger partial charge in [0.25, 0.3) is 5.56 Å². The molecule has 0 bridgehead atoms. The number of benzene rings is 1. The van der Waals surface area contributed by atoms with Gasteiger partial charge in [0.05, 0.1) is 11.5 Å². The number of nitrogens with zero attached hydrogens (tertiary/aromatic N) is 1. The van der Waals surface area contributed by atoms with Crippen LogP contribution in [-0.4, -0.2) is 58.2 Å². The standard InChI is InChI=1S/C16H18N2O8S/c1-8-2-4-9(5-3-8)27(24,25)11-6-18(16(23)17-14(11)22)15-13(21)12(20)10(19)7-26-15/h2-6,10,12-13,15,19-21H,7H2,1H3,(H,17,22,23). The quantitative estimate of drug-likeness (QED) is 0.476. The molecule has 4 unspecified atom stereocenters. The lowest BCUT2D eigenvalue weighted by Crippen LogP contribution is -2.53. The zero-order valence-corrected chi connectivity index (χ0v) is 15.0. The van der Waals surface area contributed by atoms with E-state index in [1.165, 1.54) is 12.1 Å². The van der Waals surface area contributed by atoms with Crippen molar-refractivity contribution in [3.05, 3.63) is 56.9 Å². The summed E-state index contributed by atoms with van der Waals surface area (Å²) in [5.41, 5.74) is -1.34. The normalized spacial score (nSPS) is 26.1. The summed E-state index contributed by atoms with van der Waals surface area (Å²) in [5.74, 6) is 0. The molecule has 1 fully saturated rings. The van der Waals surface area contributed by atoms with Crippen LogP contribution in [0.15, 0.2) is 49.8 Å². The molecule has 3 rings (SSSR count). The van der Waals surface area contributed by atoms with Crippen LogP contribution in [0.2, 0.25) is 0 Å². The third kappa shape index (κ3) is 3.47. The van der Waals surface area contributed by atoms with E-state index in [-0.39, 0.29) is 4.90 Å². The van der Waals surface area contributed by atoms with Gasteiger partial charge >= 0.3 is 5.69 Å². The number of rotatable bonds is 3. The fraction of sp³-hybridized carbons (Fsp3) is 0.375. The number of sulfone groups is 1. The van der Waals surface area contributed by atoms with Crippen molar-refractivity contribution in [1.29, 1.82) is 0 Å². The molecule has 2 heterocycles. The molecule has 0 spiro atoms. The van der Waals surface area contributed by atoms with E-state index in [1.54, 1.807) is 19.1 Å². The summed E-state index contributed by atoms with van der Waals surface area (Å²) in [5, 5.41) is 29.3. The zero-order chi connectivity index (χ0) is 19.9. The summed E-state index contributed by atoms with van der Waals surface area (Å²) < 4.78 is 31.4. The molecule has 0 radical (unpaired) electrons. The van der Waals surface area contributed by atoms with Crippen LogP contribution in [0.25, 0.3) is 0 Å². The molecule has 4 atom stereocenters. The first-order valence-corrected chi connectivity index (χ1v) is 9.44. The fourth-order valence-corrected chi connectivity index (χ4v) is 4.02. The highest BCUT2D eigenvalue weighted by Gasteiger charge is 2.39. The second-order valence-electron chi connectivity index (χ2n) is 6.25. The lowest BCUT2D eigenvalue weighted by Gasteiger charge is -2.35. The van der Waals surface area contributed by atoms with Gasteiger partial charge in [-0.3, -0.25) is 14.3 Å². The summed E-state index contributed by atoms with van der Waals surface area (Å²) >= 11 is 0. The van der Waals surface area contributed by atoms with Crippen molar-refractivity contribution in [3.63, 3.8) is 0 Å². The third-order valence-electron chi connectivity index (χ3n) is 4.30. The molecule has 146 valence electrons. The van der Waals surface area contributed by atoms with E-state index in [0.717, 1.165) is 11.8 Å². The van der Waals surface area contributed by atoms with Gasteiger partial charge in [-0.2, -0.15) is 0 Å². The highest BCUT2D eigenvalue weighted by molar-refractivity contribution is 7.91. The monoisotopic (exact) mass is 398 g/mol. The van der Waals surface area contributed by atoms with Crippen LogP contribution >= 0.6 is 0 Å². The zero-order valence-electron chi connectivity index (χ0n) is 14.1. The lowest BCUT2D eigenvalue weighted by molar-refractivity contribution is -0.212. The average Bonchev–Trinajstić information content (AvgIpc) is 2.61. The van der Waals surface area contributed by atoms with E-state index in [4.69, 9.17) is 4.74 Å². The molecule has 27 heavy (non-hydrogen) atoms. The molecule has 1 saturated heterocycles. The lowest BCUT2D eigenvalue weighted by atomic mass is 10.0. The first kappa shape index (κ1) is 19.5. The molecule has 0 amide bonds. The minimum Gasteiger partial charge on any atom is -0.388 e. The van der Waals surface area contributed by atoms with Crippen molar-refractivity contribution in [2.24, 2.45) is 0 Å². The highest BCUT2D eigenvalue weighted by Crippen LogP contribution is 2.24. The van der Waals surface area contributed by atoms with Gasteiger partial charge in [-0.15, -0.1) is 0 Å². The summed E-state index contributed by atoms with van der Waals surface area (Å²) in [7, 11) is -4.26. The summed E-state index contributed by atoms with van der Waals surface area (Å²) in [6.07, 6.45) is -5.42. The SMILES string of the molecule is Cc1ccc(S(=O)(=O)c2cn(C3OCC(O)C(O)C3O)c(=O)[nH]c2=O)cc1. The molecular formula is C16H18N2O8S. The molecule has 1 aliphatic heterocycles. The molecule has 10 nitrogen and oxygen atoms in total. The first-order chi connectivity index (χ1) is 12.6. The Bertz CT molecular complexity index is 1060. The van der Waals surface area contributed by atoms with Crippen molar-refractivity contribution in [2.45, 2.75) is 41.3 Å². The predicted molar refractivity (Wildman–Crippen MR) is 91.0 cm³/mol. The van der Waals surface area contributed by atoms with Crippen LogP contribution in [0, 0.1) is 6.92 Å².